The third-order valence-corrected chi connectivity index (χ3v) is 4.61. The minimum absolute atomic E-state index is 0.641. The zero-order valence-corrected chi connectivity index (χ0v) is 11.8. The molecule has 92 valence electrons. The van der Waals surface area contributed by atoms with Gasteiger partial charge in [-0.15, -0.1) is 22.7 Å². The van der Waals surface area contributed by atoms with Gasteiger partial charge in [-0.25, -0.2) is 4.98 Å². The Bertz CT molecular complexity index is 476. The molecule has 0 aliphatic carbocycles. The van der Waals surface area contributed by atoms with Gasteiger partial charge in [0.25, 0.3) is 0 Å². The van der Waals surface area contributed by atoms with Gasteiger partial charge in [0, 0.05) is 34.3 Å². The van der Waals surface area contributed by atoms with E-state index in [-0.39, 0.29) is 0 Å². The molecule has 0 radical (unpaired) electrons. The first-order valence-corrected chi connectivity index (χ1v) is 7.24. The van der Waals surface area contributed by atoms with Crippen LogP contribution in [-0.4, -0.2) is 16.9 Å². The second-order valence-corrected chi connectivity index (χ2v) is 6.30. The van der Waals surface area contributed by atoms with E-state index >= 15 is 0 Å². The van der Waals surface area contributed by atoms with Crippen molar-refractivity contribution in [1.29, 1.82) is 0 Å². The van der Waals surface area contributed by atoms with E-state index in [1.165, 1.54) is 14.6 Å². The average Bonchev–Trinajstić information content (AvgIpc) is 2.89. The fraction of sp³-hybridized carbons (Fsp3) is 0.417. The lowest BCUT2D eigenvalue weighted by atomic mass is 10.3. The highest BCUT2D eigenvalue weighted by atomic mass is 32.1. The Morgan fingerprint density at radius 3 is 2.65 bits per heavy atom. The topological polar surface area (TPSA) is 42.2 Å². The first-order valence-electron chi connectivity index (χ1n) is 5.54. The lowest BCUT2D eigenvalue weighted by Crippen LogP contribution is -2.16. The minimum Gasteiger partial charge on any atom is -0.326 e. The number of aryl methyl sites for hydroxylation is 1. The van der Waals surface area contributed by atoms with Gasteiger partial charge in [0.05, 0.1) is 11.2 Å². The molecule has 3 nitrogen and oxygen atoms in total. The van der Waals surface area contributed by atoms with Gasteiger partial charge in [0.15, 0.2) is 0 Å². The first-order chi connectivity index (χ1) is 8.19. The summed E-state index contributed by atoms with van der Waals surface area (Å²) in [5.74, 6) is 0. The predicted octanol–water partition coefficient (Wildman–Crippen LogP) is 2.60. The van der Waals surface area contributed by atoms with E-state index in [0.29, 0.717) is 6.54 Å². The van der Waals surface area contributed by atoms with Crippen LogP contribution < -0.4 is 5.73 Å². The van der Waals surface area contributed by atoms with Gasteiger partial charge in [-0.05, 0) is 26.1 Å². The number of aromatic nitrogens is 1. The number of rotatable bonds is 5. The maximum absolute atomic E-state index is 5.61. The summed E-state index contributed by atoms with van der Waals surface area (Å²) in [5.41, 5.74) is 8.68. The Morgan fingerprint density at radius 2 is 2.06 bits per heavy atom. The van der Waals surface area contributed by atoms with Gasteiger partial charge < -0.3 is 5.73 Å². The van der Waals surface area contributed by atoms with Crippen LogP contribution in [-0.2, 0) is 19.6 Å². The molecule has 5 heteroatoms. The molecule has 2 rings (SSSR count). The van der Waals surface area contributed by atoms with Crippen molar-refractivity contribution in [1.82, 2.24) is 9.88 Å². The Kier molecular flexibility index (Phi) is 4.28. The second kappa shape index (κ2) is 5.73. The molecule has 0 amide bonds. The van der Waals surface area contributed by atoms with Crippen LogP contribution in [0, 0.1) is 6.92 Å². The molecule has 2 aromatic heterocycles. The van der Waals surface area contributed by atoms with Crippen molar-refractivity contribution in [2.24, 2.45) is 5.73 Å². The fourth-order valence-corrected chi connectivity index (χ4v) is 3.50. The van der Waals surface area contributed by atoms with Crippen LogP contribution >= 0.6 is 22.7 Å². The van der Waals surface area contributed by atoms with Crippen LogP contribution in [0.25, 0.3) is 0 Å². The number of nitrogens with zero attached hydrogens (tertiary/aromatic N) is 2. The SMILES string of the molecule is Cc1ncsc1CN(C)Cc1ccc(CN)s1. The summed E-state index contributed by atoms with van der Waals surface area (Å²) < 4.78 is 0. The van der Waals surface area contributed by atoms with E-state index in [9.17, 15) is 0 Å². The number of thiazole rings is 1. The van der Waals surface area contributed by atoms with Crippen molar-refractivity contribution in [3.8, 4) is 0 Å². The molecule has 2 aromatic rings. The van der Waals surface area contributed by atoms with Gasteiger partial charge in [-0.1, -0.05) is 0 Å². The van der Waals surface area contributed by atoms with Gasteiger partial charge in [0.1, 0.15) is 0 Å². The molecule has 2 N–H and O–H groups in total. The van der Waals surface area contributed by atoms with Gasteiger partial charge >= 0.3 is 0 Å². The standard InChI is InChI=1S/C12H17N3S2/c1-9-12(16-8-14-9)7-15(2)6-11-4-3-10(5-13)17-11/h3-4,8H,5-7,13H2,1-2H3. The van der Waals surface area contributed by atoms with Crippen molar-refractivity contribution >= 4 is 22.7 Å². The van der Waals surface area contributed by atoms with Crippen LogP contribution in [0.3, 0.4) is 0 Å². The van der Waals surface area contributed by atoms with Crippen molar-refractivity contribution in [2.45, 2.75) is 26.6 Å². The summed E-state index contributed by atoms with van der Waals surface area (Å²) in [5, 5.41) is 0. The van der Waals surface area contributed by atoms with E-state index in [0.717, 1.165) is 18.8 Å². The van der Waals surface area contributed by atoms with Crippen molar-refractivity contribution in [2.75, 3.05) is 7.05 Å². The average molecular weight is 267 g/mol. The molecular formula is C12H17N3S2. The van der Waals surface area contributed by atoms with E-state index in [1.54, 1.807) is 22.7 Å². The number of hydrogen-bond acceptors (Lipinski definition) is 5. The molecule has 17 heavy (non-hydrogen) atoms. The normalized spacial score (nSPS) is 11.3. The largest absolute Gasteiger partial charge is 0.326 e. The lowest BCUT2D eigenvalue weighted by Gasteiger charge is -2.14. The molecule has 0 saturated heterocycles. The zero-order chi connectivity index (χ0) is 12.3. The zero-order valence-electron chi connectivity index (χ0n) is 10.1. The molecule has 0 fully saturated rings. The van der Waals surface area contributed by atoms with Crippen molar-refractivity contribution in [3.05, 3.63) is 38.0 Å². The molecule has 0 atom stereocenters. The number of nitrogens with two attached hydrogens (primary N) is 1. The maximum atomic E-state index is 5.61. The van der Waals surface area contributed by atoms with Crippen LogP contribution in [0.15, 0.2) is 17.6 Å². The Balaban J connectivity index is 1.93. The summed E-state index contributed by atoms with van der Waals surface area (Å²) in [6.45, 7) is 4.65. The second-order valence-electron chi connectivity index (χ2n) is 4.11. The monoisotopic (exact) mass is 267 g/mol. The first kappa shape index (κ1) is 12.7. The number of hydrogen-bond donors (Lipinski definition) is 1. The highest BCUT2D eigenvalue weighted by Crippen LogP contribution is 2.20. The summed E-state index contributed by atoms with van der Waals surface area (Å²) >= 11 is 3.53. The third-order valence-electron chi connectivity index (χ3n) is 2.60. The summed E-state index contributed by atoms with van der Waals surface area (Å²) in [7, 11) is 2.14. The predicted molar refractivity (Wildman–Crippen MR) is 74.2 cm³/mol. The molecule has 0 aliphatic rings. The van der Waals surface area contributed by atoms with Crippen molar-refractivity contribution < 1.29 is 0 Å². The highest BCUT2D eigenvalue weighted by molar-refractivity contribution is 7.12. The third kappa shape index (κ3) is 3.35. The lowest BCUT2D eigenvalue weighted by molar-refractivity contribution is 0.324. The summed E-state index contributed by atoms with van der Waals surface area (Å²) in [6, 6.07) is 4.29. The molecule has 2 heterocycles. The van der Waals surface area contributed by atoms with Gasteiger partial charge in [-0.2, -0.15) is 0 Å². The molecule has 0 aromatic carbocycles. The molecule has 0 spiro atoms. The molecule has 0 unspecified atom stereocenters. The summed E-state index contributed by atoms with van der Waals surface area (Å²) in [4.78, 5) is 10.6. The van der Waals surface area contributed by atoms with Crippen LogP contribution in [0.2, 0.25) is 0 Å². The maximum Gasteiger partial charge on any atom is 0.0798 e. The van der Waals surface area contributed by atoms with E-state index in [1.807, 2.05) is 5.51 Å². The van der Waals surface area contributed by atoms with E-state index in [4.69, 9.17) is 5.73 Å². The quantitative estimate of drug-likeness (QED) is 0.905. The van der Waals surface area contributed by atoms with Gasteiger partial charge in [0.2, 0.25) is 0 Å². The Morgan fingerprint density at radius 1 is 1.29 bits per heavy atom. The van der Waals surface area contributed by atoms with Crippen LogP contribution in [0.4, 0.5) is 0 Å². The van der Waals surface area contributed by atoms with E-state index in [2.05, 4.69) is 36.0 Å². The van der Waals surface area contributed by atoms with E-state index < -0.39 is 0 Å². The van der Waals surface area contributed by atoms with Crippen molar-refractivity contribution in [3.63, 3.8) is 0 Å². The van der Waals surface area contributed by atoms with Crippen LogP contribution in [0.5, 0.6) is 0 Å². The highest BCUT2D eigenvalue weighted by Gasteiger charge is 2.07. The van der Waals surface area contributed by atoms with Crippen LogP contribution in [0.1, 0.15) is 20.3 Å². The summed E-state index contributed by atoms with van der Waals surface area (Å²) in [6.07, 6.45) is 0. The molecule has 0 bridgehead atoms. The Labute approximate surface area is 110 Å². The molecular weight excluding hydrogens is 250 g/mol. The number of thiophene rings is 1. The molecule has 0 saturated carbocycles. The van der Waals surface area contributed by atoms with Gasteiger partial charge in [-0.3, -0.25) is 4.90 Å². The molecule has 0 aliphatic heterocycles. The minimum atomic E-state index is 0.641. The fourth-order valence-electron chi connectivity index (χ4n) is 1.66. The smallest absolute Gasteiger partial charge is 0.0798 e. The Hall–Kier alpha value is -0.750.